The van der Waals surface area contributed by atoms with Gasteiger partial charge in [0.25, 0.3) is 0 Å². The number of halogens is 2. The maximum Gasteiger partial charge on any atom is 0.302 e. The Hall–Kier alpha value is -1.21. The molecule has 6 heteroatoms. The molecule has 2 aromatic carbocycles. The van der Waals surface area contributed by atoms with Gasteiger partial charge in [0, 0.05) is 27.0 Å². The van der Waals surface area contributed by atoms with Crippen LogP contribution in [0.15, 0.2) is 57.5 Å². The van der Waals surface area contributed by atoms with Crippen LogP contribution in [0.1, 0.15) is 18.1 Å². The van der Waals surface area contributed by atoms with Crippen molar-refractivity contribution in [2.45, 2.75) is 18.8 Å². The fraction of sp³-hybridized carbons (Fsp3) is 0.278. The first-order valence-corrected chi connectivity index (χ1v) is 9.05. The fourth-order valence-electron chi connectivity index (χ4n) is 2.61. The average molecular weight is 456 g/mol. The molecule has 0 bridgehead atoms. The molecule has 0 amide bonds. The highest BCUT2D eigenvalue weighted by atomic mass is 79.9. The number of rotatable bonds is 4. The van der Waals surface area contributed by atoms with E-state index in [1.807, 2.05) is 48.5 Å². The largest absolute Gasteiger partial charge is 0.463 e. The van der Waals surface area contributed by atoms with Gasteiger partial charge in [-0.1, -0.05) is 56.1 Å². The first kappa shape index (κ1) is 17.6. The lowest BCUT2D eigenvalue weighted by atomic mass is 9.97. The van der Waals surface area contributed by atoms with Crippen molar-refractivity contribution in [3.8, 4) is 0 Å². The molecule has 24 heavy (non-hydrogen) atoms. The molecule has 1 atom stereocenters. The van der Waals surface area contributed by atoms with Gasteiger partial charge in [-0.2, -0.15) is 0 Å². The van der Waals surface area contributed by atoms with Gasteiger partial charge in [0.1, 0.15) is 12.7 Å². The quantitative estimate of drug-likeness (QED) is 0.641. The Morgan fingerprint density at radius 3 is 2.04 bits per heavy atom. The Balaban J connectivity index is 1.94. The monoisotopic (exact) mass is 454 g/mol. The normalized spacial score (nSPS) is 19.2. The van der Waals surface area contributed by atoms with Crippen LogP contribution < -0.4 is 0 Å². The summed E-state index contributed by atoms with van der Waals surface area (Å²) >= 11 is 6.89. The van der Waals surface area contributed by atoms with Gasteiger partial charge in [0.15, 0.2) is 0 Å². The van der Waals surface area contributed by atoms with E-state index >= 15 is 0 Å². The van der Waals surface area contributed by atoms with Crippen molar-refractivity contribution < 1.29 is 19.0 Å². The predicted octanol–water partition coefficient (Wildman–Crippen LogP) is 4.39. The molecule has 0 saturated carbocycles. The third kappa shape index (κ3) is 3.72. The SMILES string of the molecule is CC(=O)OC[C@H]1COC(c2ccc(Br)cc2)(c2ccc(Br)cc2)O1. The molecule has 0 unspecified atom stereocenters. The van der Waals surface area contributed by atoms with Crippen LogP contribution >= 0.6 is 31.9 Å². The fourth-order valence-corrected chi connectivity index (χ4v) is 3.14. The van der Waals surface area contributed by atoms with Crippen LogP contribution in [0, 0.1) is 0 Å². The first-order valence-electron chi connectivity index (χ1n) is 7.47. The van der Waals surface area contributed by atoms with Crippen molar-refractivity contribution in [3.05, 3.63) is 68.6 Å². The van der Waals surface area contributed by atoms with Crippen molar-refractivity contribution in [2.24, 2.45) is 0 Å². The first-order chi connectivity index (χ1) is 11.5. The third-order valence-electron chi connectivity index (χ3n) is 3.73. The van der Waals surface area contributed by atoms with Crippen molar-refractivity contribution in [1.82, 2.24) is 0 Å². The summed E-state index contributed by atoms with van der Waals surface area (Å²) in [6, 6.07) is 15.6. The minimum absolute atomic E-state index is 0.171. The summed E-state index contributed by atoms with van der Waals surface area (Å²) < 4.78 is 19.3. The summed E-state index contributed by atoms with van der Waals surface area (Å²) in [5, 5.41) is 0. The van der Waals surface area contributed by atoms with E-state index < -0.39 is 5.79 Å². The maximum absolute atomic E-state index is 11.0. The molecule has 1 fully saturated rings. The Morgan fingerprint density at radius 2 is 1.58 bits per heavy atom. The van der Waals surface area contributed by atoms with Crippen LogP contribution in [0.4, 0.5) is 0 Å². The van der Waals surface area contributed by atoms with Gasteiger partial charge in [0.05, 0.1) is 6.61 Å². The van der Waals surface area contributed by atoms with Crippen molar-refractivity contribution in [3.63, 3.8) is 0 Å². The van der Waals surface area contributed by atoms with Crippen molar-refractivity contribution in [1.29, 1.82) is 0 Å². The van der Waals surface area contributed by atoms with Gasteiger partial charge in [0.2, 0.25) is 5.79 Å². The number of hydrogen-bond acceptors (Lipinski definition) is 4. The van der Waals surface area contributed by atoms with E-state index in [-0.39, 0.29) is 18.7 Å². The highest BCUT2D eigenvalue weighted by Crippen LogP contribution is 2.41. The zero-order chi connectivity index (χ0) is 17.2. The summed E-state index contributed by atoms with van der Waals surface area (Å²) in [5.74, 6) is -1.34. The van der Waals surface area contributed by atoms with Crippen molar-refractivity contribution >= 4 is 37.8 Å². The Labute approximate surface area is 157 Å². The molecule has 0 aliphatic carbocycles. The van der Waals surface area contributed by atoms with Crippen LogP contribution in [0.2, 0.25) is 0 Å². The summed E-state index contributed by atoms with van der Waals surface area (Å²) in [6.45, 7) is 1.90. The van der Waals surface area contributed by atoms with E-state index in [2.05, 4.69) is 31.9 Å². The topological polar surface area (TPSA) is 44.8 Å². The number of carbonyl (C=O) groups excluding carboxylic acids is 1. The lowest BCUT2D eigenvalue weighted by Crippen LogP contribution is -2.30. The smallest absolute Gasteiger partial charge is 0.302 e. The molecular weight excluding hydrogens is 440 g/mol. The second-order valence-corrected chi connectivity index (χ2v) is 7.32. The minimum Gasteiger partial charge on any atom is -0.463 e. The molecule has 0 radical (unpaired) electrons. The second-order valence-electron chi connectivity index (χ2n) is 5.48. The number of carbonyl (C=O) groups is 1. The van der Waals surface area contributed by atoms with Gasteiger partial charge in [-0.05, 0) is 24.3 Å². The van der Waals surface area contributed by atoms with E-state index in [1.165, 1.54) is 6.92 Å². The van der Waals surface area contributed by atoms with Crippen molar-refractivity contribution in [2.75, 3.05) is 13.2 Å². The van der Waals surface area contributed by atoms with Gasteiger partial charge >= 0.3 is 5.97 Å². The molecular formula is C18H16Br2O4. The molecule has 0 spiro atoms. The summed E-state index contributed by atoms with van der Waals surface area (Å²) in [7, 11) is 0. The lowest BCUT2D eigenvalue weighted by molar-refractivity contribution is -0.158. The predicted molar refractivity (Wildman–Crippen MR) is 96.5 cm³/mol. The Morgan fingerprint density at radius 1 is 1.08 bits per heavy atom. The molecule has 0 N–H and O–H groups in total. The molecule has 126 valence electrons. The van der Waals surface area contributed by atoms with Crippen LogP contribution in [0.3, 0.4) is 0 Å². The Kier molecular flexibility index (Phi) is 5.39. The molecule has 1 heterocycles. The van der Waals surface area contributed by atoms with Gasteiger partial charge in [-0.25, -0.2) is 0 Å². The van der Waals surface area contributed by atoms with Gasteiger partial charge in [-0.3, -0.25) is 4.79 Å². The number of ether oxygens (including phenoxy) is 3. The molecule has 4 nitrogen and oxygen atoms in total. The van der Waals surface area contributed by atoms with Gasteiger partial charge in [-0.15, -0.1) is 0 Å². The average Bonchev–Trinajstić information content (AvgIpc) is 3.00. The van der Waals surface area contributed by atoms with E-state index in [4.69, 9.17) is 14.2 Å². The molecule has 1 aliphatic heterocycles. The van der Waals surface area contributed by atoms with Crippen LogP contribution in [0.5, 0.6) is 0 Å². The highest BCUT2D eigenvalue weighted by Gasteiger charge is 2.45. The number of esters is 1. The highest BCUT2D eigenvalue weighted by molar-refractivity contribution is 9.10. The second kappa shape index (κ2) is 7.35. The molecule has 1 saturated heterocycles. The number of hydrogen-bond donors (Lipinski definition) is 0. The minimum atomic E-state index is -1.01. The zero-order valence-electron chi connectivity index (χ0n) is 13.0. The molecule has 1 aliphatic rings. The number of benzene rings is 2. The molecule has 3 rings (SSSR count). The van der Waals surface area contributed by atoms with Crippen LogP contribution in [-0.2, 0) is 24.8 Å². The third-order valence-corrected chi connectivity index (χ3v) is 4.78. The summed E-state index contributed by atoms with van der Waals surface area (Å²) in [4.78, 5) is 11.0. The van der Waals surface area contributed by atoms with Crippen LogP contribution in [-0.4, -0.2) is 25.3 Å². The van der Waals surface area contributed by atoms with E-state index in [9.17, 15) is 4.79 Å². The standard InChI is InChI=1S/C18H16Br2O4/c1-12(21)22-10-17-11-23-18(24-17,13-2-6-15(19)7-3-13)14-4-8-16(20)9-5-14/h2-9,17H,10-11H2,1H3/t17-/m0/s1. The maximum atomic E-state index is 11.0. The summed E-state index contributed by atoms with van der Waals surface area (Å²) in [6.07, 6.45) is -0.318. The zero-order valence-corrected chi connectivity index (χ0v) is 16.2. The molecule has 0 aromatic heterocycles. The Bertz CT molecular complexity index is 667. The van der Waals surface area contributed by atoms with E-state index in [0.29, 0.717) is 6.61 Å². The van der Waals surface area contributed by atoms with Gasteiger partial charge < -0.3 is 14.2 Å². The van der Waals surface area contributed by atoms with E-state index in [1.54, 1.807) is 0 Å². The lowest BCUT2D eigenvalue weighted by Gasteiger charge is -2.29. The molecule has 2 aromatic rings. The van der Waals surface area contributed by atoms with Crippen LogP contribution in [0.25, 0.3) is 0 Å². The summed E-state index contributed by atoms with van der Waals surface area (Å²) in [5.41, 5.74) is 1.77. The van der Waals surface area contributed by atoms with E-state index in [0.717, 1.165) is 20.1 Å².